The zero-order chi connectivity index (χ0) is 78.2. The summed E-state index contributed by atoms with van der Waals surface area (Å²) in [5.74, 6) is 0. The maximum atomic E-state index is 6.33. The van der Waals surface area contributed by atoms with E-state index in [4.69, 9.17) is 8.83 Å². The summed E-state index contributed by atoms with van der Waals surface area (Å²) in [6.07, 6.45) is 0. The van der Waals surface area contributed by atoms with E-state index in [1.54, 1.807) is 0 Å². The minimum atomic E-state index is 0.871. The Bertz CT molecular complexity index is 7450. The van der Waals surface area contributed by atoms with E-state index in [-0.39, 0.29) is 0 Å². The molecular weight excluding hydrogens is 1430 g/mol. The van der Waals surface area contributed by atoms with Crippen molar-refractivity contribution in [3.8, 4) is 44.5 Å². The third-order valence-corrected chi connectivity index (χ3v) is 22.8. The zero-order valence-electron chi connectivity index (χ0n) is 64.5. The van der Waals surface area contributed by atoms with E-state index >= 15 is 0 Å². The third kappa shape index (κ3) is 13.4. The number of fused-ring (bicyclic) bond motifs is 10. The van der Waals surface area contributed by atoms with E-state index in [9.17, 15) is 0 Å². The van der Waals surface area contributed by atoms with Gasteiger partial charge in [0.25, 0.3) is 0 Å². The van der Waals surface area contributed by atoms with Gasteiger partial charge >= 0.3 is 0 Å². The molecule has 6 nitrogen and oxygen atoms in total. The molecule has 0 aliphatic carbocycles. The van der Waals surface area contributed by atoms with Gasteiger partial charge in [-0.1, -0.05) is 285 Å². The maximum Gasteiger partial charge on any atom is 0.137 e. The molecule has 0 fully saturated rings. The molecule has 6 heteroatoms. The van der Waals surface area contributed by atoms with Gasteiger partial charge in [0.15, 0.2) is 0 Å². The smallest absolute Gasteiger partial charge is 0.137 e. The molecule has 0 radical (unpaired) electrons. The van der Waals surface area contributed by atoms with Crippen molar-refractivity contribution in [3.05, 3.63) is 461 Å². The van der Waals surface area contributed by atoms with Crippen molar-refractivity contribution in [2.24, 2.45) is 0 Å². The topological polar surface area (TPSA) is 39.2 Å². The standard InChI is InChI=1S/2C56H38N2O/c1-3-18-46(19-4-1)57(53-23-13-25-55-56(53)50-22-11-12-24-54(50)59-55)48-32-28-41(29-33-48)44-31-35-52(51(38-44)45-27-26-39-14-7-9-16-42(39)36-45)58(47-20-5-2-6-21-47)49-34-30-40-15-8-10-17-43(40)37-49;1-3-17-46(18-4-1)57(50-32-34-56-53(38-50)51-21-11-12-22-55(51)59-56)48-29-25-41(26-30-48)44-28-33-54(52(37-44)45-24-23-39-13-7-9-15-42(39)35-45)58(47-19-5-2-6-20-47)49-31-27-40-14-8-10-16-43(40)36-49/h2*1-38H. The Morgan fingerprint density at radius 3 is 0.924 bits per heavy atom. The number of hydrogen-bond donors (Lipinski definition) is 0. The van der Waals surface area contributed by atoms with Crippen LogP contribution in [0, 0.1) is 0 Å². The molecule has 0 aliphatic heterocycles. The third-order valence-electron chi connectivity index (χ3n) is 22.8. The maximum absolute atomic E-state index is 6.33. The number of benzene rings is 20. The van der Waals surface area contributed by atoms with Gasteiger partial charge in [-0.05, 0) is 252 Å². The molecule has 0 spiro atoms. The highest BCUT2D eigenvalue weighted by Crippen LogP contribution is 2.49. The molecule has 0 unspecified atom stereocenters. The SMILES string of the molecule is c1ccc(N(c2ccc(-c3ccc(N(c4ccccc4)c4ccc5ccccc5c4)c(-c4ccc5ccccc5c4)c3)cc2)c2ccc3oc4ccccc4c3c2)cc1.c1ccc(N(c2ccc3ccccc3c2)c2ccc(-c3ccc(N(c4ccccc4)c4cccc5oc6ccccc6c45)cc3)cc2-c2ccc3ccccc3c2)cc1. The Morgan fingerprint density at radius 1 is 0.144 bits per heavy atom. The van der Waals surface area contributed by atoms with Crippen molar-refractivity contribution in [2.45, 2.75) is 0 Å². The summed E-state index contributed by atoms with van der Waals surface area (Å²) in [7, 11) is 0. The van der Waals surface area contributed by atoms with Crippen LogP contribution in [0.1, 0.15) is 0 Å². The molecule has 0 atom stereocenters. The molecule has 118 heavy (non-hydrogen) atoms. The van der Waals surface area contributed by atoms with Crippen molar-refractivity contribution in [2.75, 3.05) is 19.6 Å². The van der Waals surface area contributed by atoms with Crippen LogP contribution in [0.2, 0.25) is 0 Å². The van der Waals surface area contributed by atoms with Crippen LogP contribution in [0.15, 0.2) is 470 Å². The molecular formula is C112H76N4O2. The lowest BCUT2D eigenvalue weighted by Gasteiger charge is -2.29. The van der Waals surface area contributed by atoms with Crippen LogP contribution >= 0.6 is 0 Å². The predicted molar refractivity (Wildman–Crippen MR) is 498 cm³/mol. The van der Waals surface area contributed by atoms with Crippen LogP contribution in [-0.4, -0.2) is 0 Å². The highest BCUT2D eigenvalue weighted by Gasteiger charge is 2.25. The highest BCUT2D eigenvalue weighted by atomic mass is 16.3. The van der Waals surface area contributed by atoms with Gasteiger partial charge in [0.1, 0.15) is 22.3 Å². The first-order valence-electron chi connectivity index (χ1n) is 40.2. The first-order valence-corrected chi connectivity index (χ1v) is 40.2. The average Bonchev–Trinajstić information content (AvgIpc) is 1.41. The van der Waals surface area contributed by atoms with Gasteiger partial charge < -0.3 is 28.4 Å². The van der Waals surface area contributed by atoms with Gasteiger partial charge in [-0.3, -0.25) is 0 Å². The Labute approximate surface area is 684 Å². The summed E-state index contributed by atoms with van der Waals surface area (Å²) in [6.45, 7) is 0. The number of furan rings is 2. The van der Waals surface area contributed by atoms with E-state index in [0.29, 0.717) is 0 Å². The monoisotopic (exact) mass is 1510 g/mol. The van der Waals surface area contributed by atoms with Crippen LogP contribution < -0.4 is 19.6 Å². The van der Waals surface area contributed by atoms with Crippen molar-refractivity contribution < 1.29 is 8.83 Å². The number of nitrogens with zero attached hydrogens (tertiary/aromatic N) is 4. The molecule has 22 rings (SSSR count). The molecule has 20 aromatic carbocycles. The van der Waals surface area contributed by atoms with Gasteiger partial charge in [-0.2, -0.15) is 0 Å². The Balaban J connectivity index is 0.000000147. The lowest BCUT2D eigenvalue weighted by molar-refractivity contribution is 0.668. The fourth-order valence-electron chi connectivity index (χ4n) is 17.1. The fourth-order valence-corrected chi connectivity index (χ4v) is 17.1. The molecule has 22 aromatic rings. The summed E-state index contributed by atoms with van der Waals surface area (Å²) in [5, 5.41) is 14.1. The lowest BCUT2D eigenvalue weighted by atomic mass is 9.94. The minimum absolute atomic E-state index is 0.871. The van der Waals surface area contributed by atoms with Gasteiger partial charge in [0.05, 0.1) is 22.4 Å². The normalized spacial score (nSPS) is 11.4. The first-order chi connectivity index (χ1) is 58.5. The van der Waals surface area contributed by atoms with Crippen molar-refractivity contribution in [3.63, 3.8) is 0 Å². The van der Waals surface area contributed by atoms with Crippen LogP contribution in [0.3, 0.4) is 0 Å². The summed E-state index contributed by atoms with van der Waals surface area (Å²) < 4.78 is 12.5. The highest BCUT2D eigenvalue weighted by molar-refractivity contribution is 6.14. The molecule has 0 saturated carbocycles. The van der Waals surface area contributed by atoms with Gasteiger partial charge in [0, 0.05) is 78.5 Å². The van der Waals surface area contributed by atoms with Gasteiger partial charge in [-0.15, -0.1) is 0 Å². The van der Waals surface area contributed by atoms with Gasteiger partial charge in [0.2, 0.25) is 0 Å². The molecule has 0 amide bonds. The molecule has 556 valence electrons. The Morgan fingerprint density at radius 2 is 0.449 bits per heavy atom. The zero-order valence-corrected chi connectivity index (χ0v) is 64.5. The van der Waals surface area contributed by atoms with Crippen LogP contribution in [-0.2, 0) is 0 Å². The van der Waals surface area contributed by atoms with E-state index in [1.165, 1.54) is 43.1 Å². The second-order valence-corrected chi connectivity index (χ2v) is 30.0. The second kappa shape index (κ2) is 30.6. The Kier molecular flexibility index (Phi) is 18.2. The second-order valence-electron chi connectivity index (χ2n) is 30.0. The average molecular weight is 1510 g/mol. The molecule has 2 heterocycles. The van der Waals surface area contributed by atoms with Crippen molar-refractivity contribution in [1.82, 2.24) is 0 Å². The van der Waals surface area contributed by atoms with Gasteiger partial charge in [-0.25, -0.2) is 0 Å². The largest absolute Gasteiger partial charge is 0.456 e. The molecule has 0 N–H and O–H groups in total. The van der Waals surface area contributed by atoms with E-state index in [0.717, 1.165) is 157 Å². The summed E-state index contributed by atoms with van der Waals surface area (Å²) >= 11 is 0. The fraction of sp³-hybridized carbons (Fsp3) is 0. The van der Waals surface area contributed by atoms with E-state index < -0.39 is 0 Å². The lowest BCUT2D eigenvalue weighted by Crippen LogP contribution is -2.11. The minimum Gasteiger partial charge on any atom is -0.456 e. The summed E-state index contributed by atoms with van der Waals surface area (Å²) in [6, 6.07) is 165. The van der Waals surface area contributed by atoms with E-state index in [2.05, 4.69) is 456 Å². The molecule has 2 aromatic heterocycles. The molecule has 0 bridgehead atoms. The summed E-state index contributed by atoms with van der Waals surface area (Å²) in [4.78, 5) is 9.43. The van der Waals surface area contributed by atoms with Crippen LogP contribution in [0.5, 0.6) is 0 Å². The number of anilines is 12. The summed E-state index contributed by atoms with van der Waals surface area (Å²) in [5.41, 5.74) is 25.8. The number of rotatable bonds is 16. The van der Waals surface area contributed by atoms with Crippen LogP contribution in [0.25, 0.3) is 131 Å². The molecule has 0 saturated heterocycles. The van der Waals surface area contributed by atoms with Crippen LogP contribution in [0.4, 0.5) is 68.2 Å². The predicted octanol–water partition coefficient (Wildman–Crippen LogP) is 32.3. The Hall–Kier alpha value is -15.8. The first kappa shape index (κ1) is 70.1. The quantitative estimate of drug-likeness (QED) is 0.0960. The van der Waals surface area contributed by atoms with Crippen molar-refractivity contribution >= 4 is 155 Å². The number of hydrogen-bond acceptors (Lipinski definition) is 6. The molecule has 0 aliphatic rings. The van der Waals surface area contributed by atoms with Crippen molar-refractivity contribution in [1.29, 1.82) is 0 Å². The number of para-hydroxylation sites is 6. The van der Waals surface area contributed by atoms with E-state index in [1.807, 2.05) is 24.3 Å².